The van der Waals surface area contributed by atoms with Crippen LogP contribution in [0.25, 0.3) is 11.1 Å². The number of hydrogen-bond donors (Lipinski definition) is 0. The standard InChI is InChI=1S/C18H19BF2O2/c1-17(2)18(3,4)23-19(22-17)13-8-9-16(21)15(11-13)12-6-5-7-14(20)10-12/h5-11H,1-4H3. The lowest BCUT2D eigenvalue weighted by Gasteiger charge is -2.32. The summed E-state index contributed by atoms with van der Waals surface area (Å²) in [5, 5.41) is 0. The summed E-state index contributed by atoms with van der Waals surface area (Å²) in [7, 11) is -0.576. The van der Waals surface area contributed by atoms with E-state index >= 15 is 0 Å². The fourth-order valence-electron chi connectivity index (χ4n) is 2.55. The molecule has 0 spiro atoms. The molecule has 0 amide bonds. The molecule has 2 aromatic rings. The van der Waals surface area contributed by atoms with Gasteiger partial charge in [0.15, 0.2) is 0 Å². The van der Waals surface area contributed by atoms with Crippen molar-refractivity contribution in [3.8, 4) is 11.1 Å². The molecule has 2 aromatic carbocycles. The third kappa shape index (κ3) is 2.91. The van der Waals surface area contributed by atoms with Crippen LogP contribution in [-0.4, -0.2) is 18.3 Å². The van der Waals surface area contributed by atoms with E-state index in [1.807, 2.05) is 27.7 Å². The summed E-state index contributed by atoms with van der Waals surface area (Å²) in [4.78, 5) is 0. The van der Waals surface area contributed by atoms with Crippen LogP contribution in [0.15, 0.2) is 42.5 Å². The molecular weight excluding hydrogens is 297 g/mol. The molecule has 0 aromatic heterocycles. The van der Waals surface area contributed by atoms with Gasteiger partial charge in [0.1, 0.15) is 11.6 Å². The van der Waals surface area contributed by atoms with Gasteiger partial charge in [0, 0.05) is 5.56 Å². The van der Waals surface area contributed by atoms with Crippen molar-refractivity contribution in [2.24, 2.45) is 0 Å². The van der Waals surface area contributed by atoms with Crippen LogP contribution in [0.2, 0.25) is 0 Å². The topological polar surface area (TPSA) is 18.5 Å². The number of halogens is 2. The highest BCUT2D eigenvalue weighted by Gasteiger charge is 2.51. The van der Waals surface area contributed by atoms with Crippen molar-refractivity contribution in [1.29, 1.82) is 0 Å². The average Bonchev–Trinajstić information content (AvgIpc) is 2.68. The quantitative estimate of drug-likeness (QED) is 0.782. The summed E-state index contributed by atoms with van der Waals surface area (Å²) >= 11 is 0. The average molecular weight is 316 g/mol. The van der Waals surface area contributed by atoms with Crippen LogP contribution < -0.4 is 5.46 Å². The fraction of sp³-hybridized carbons (Fsp3) is 0.333. The smallest absolute Gasteiger partial charge is 0.399 e. The van der Waals surface area contributed by atoms with Crippen LogP contribution in [0.1, 0.15) is 27.7 Å². The van der Waals surface area contributed by atoms with Gasteiger partial charge in [-0.2, -0.15) is 0 Å². The Morgan fingerprint density at radius 1 is 0.870 bits per heavy atom. The molecule has 1 aliphatic rings. The van der Waals surface area contributed by atoms with Crippen LogP contribution in [0.4, 0.5) is 8.78 Å². The molecule has 5 heteroatoms. The Morgan fingerprint density at radius 3 is 2.13 bits per heavy atom. The van der Waals surface area contributed by atoms with Gasteiger partial charge in [-0.05, 0) is 56.9 Å². The third-order valence-corrected chi connectivity index (χ3v) is 4.65. The van der Waals surface area contributed by atoms with Gasteiger partial charge in [0.05, 0.1) is 11.2 Å². The van der Waals surface area contributed by atoms with Gasteiger partial charge in [0.25, 0.3) is 0 Å². The summed E-state index contributed by atoms with van der Waals surface area (Å²) in [6, 6.07) is 10.5. The SMILES string of the molecule is CC1(C)OB(c2ccc(F)c(-c3cccc(F)c3)c2)OC1(C)C. The summed E-state index contributed by atoms with van der Waals surface area (Å²) in [5.74, 6) is -0.807. The van der Waals surface area contributed by atoms with Gasteiger partial charge in [-0.1, -0.05) is 24.3 Å². The molecular formula is C18H19BF2O2. The minimum absolute atomic E-state index is 0.330. The van der Waals surface area contributed by atoms with Gasteiger partial charge in [-0.25, -0.2) is 8.78 Å². The molecule has 1 heterocycles. The predicted octanol–water partition coefficient (Wildman–Crippen LogP) is 3.93. The van der Waals surface area contributed by atoms with Crippen molar-refractivity contribution >= 4 is 12.6 Å². The van der Waals surface area contributed by atoms with Crippen molar-refractivity contribution in [2.45, 2.75) is 38.9 Å². The van der Waals surface area contributed by atoms with Crippen LogP contribution in [0.5, 0.6) is 0 Å². The monoisotopic (exact) mass is 316 g/mol. The Kier molecular flexibility index (Phi) is 3.81. The predicted molar refractivity (Wildman–Crippen MR) is 87.5 cm³/mol. The molecule has 0 N–H and O–H groups in total. The maximum atomic E-state index is 14.2. The first-order valence-corrected chi connectivity index (χ1v) is 7.61. The van der Waals surface area contributed by atoms with E-state index in [4.69, 9.17) is 9.31 Å². The number of benzene rings is 2. The highest BCUT2D eigenvalue weighted by Crippen LogP contribution is 2.36. The first-order chi connectivity index (χ1) is 10.7. The van der Waals surface area contributed by atoms with E-state index in [-0.39, 0.29) is 0 Å². The van der Waals surface area contributed by atoms with Crippen LogP contribution in [-0.2, 0) is 9.31 Å². The molecule has 1 fully saturated rings. The second kappa shape index (κ2) is 5.43. The lowest BCUT2D eigenvalue weighted by Crippen LogP contribution is -2.41. The third-order valence-electron chi connectivity index (χ3n) is 4.65. The molecule has 0 radical (unpaired) electrons. The van der Waals surface area contributed by atoms with Crippen LogP contribution >= 0.6 is 0 Å². The van der Waals surface area contributed by atoms with Crippen molar-refractivity contribution in [2.75, 3.05) is 0 Å². The second-order valence-electron chi connectivity index (χ2n) is 6.84. The summed E-state index contributed by atoms with van der Waals surface area (Å²) in [5.41, 5.74) is 0.595. The van der Waals surface area contributed by atoms with E-state index in [1.165, 1.54) is 18.2 Å². The Labute approximate surface area is 135 Å². The first kappa shape index (κ1) is 16.2. The van der Waals surface area contributed by atoms with Gasteiger partial charge in [-0.15, -0.1) is 0 Å². The molecule has 0 atom stereocenters. The van der Waals surface area contributed by atoms with Crippen molar-refractivity contribution in [1.82, 2.24) is 0 Å². The van der Waals surface area contributed by atoms with E-state index in [9.17, 15) is 8.78 Å². The molecule has 1 aliphatic heterocycles. The molecule has 2 nitrogen and oxygen atoms in total. The van der Waals surface area contributed by atoms with Gasteiger partial charge in [0.2, 0.25) is 0 Å². The largest absolute Gasteiger partial charge is 0.494 e. The molecule has 1 saturated heterocycles. The van der Waals surface area contributed by atoms with E-state index in [2.05, 4.69) is 0 Å². The minimum Gasteiger partial charge on any atom is -0.399 e. The molecule has 0 aliphatic carbocycles. The minimum atomic E-state index is -0.576. The molecule has 0 saturated carbocycles. The zero-order valence-corrected chi connectivity index (χ0v) is 13.7. The first-order valence-electron chi connectivity index (χ1n) is 7.61. The lowest BCUT2D eigenvalue weighted by molar-refractivity contribution is 0.00578. The van der Waals surface area contributed by atoms with Gasteiger partial charge < -0.3 is 9.31 Å². The maximum Gasteiger partial charge on any atom is 0.494 e. The zero-order valence-electron chi connectivity index (χ0n) is 13.7. The van der Waals surface area contributed by atoms with Crippen LogP contribution in [0.3, 0.4) is 0 Å². The van der Waals surface area contributed by atoms with Crippen molar-refractivity contribution in [3.05, 3.63) is 54.1 Å². The van der Waals surface area contributed by atoms with E-state index in [0.29, 0.717) is 16.6 Å². The number of hydrogen-bond acceptors (Lipinski definition) is 2. The maximum absolute atomic E-state index is 14.2. The molecule has 0 unspecified atom stereocenters. The van der Waals surface area contributed by atoms with Crippen LogP contribution in [0, 0.1) is 11.6 Å². The Morgan fingerprint density at radius 2 is 1.52 bits per heavy atom. The normalized spacial score (nSPS) is 19.1. The Bertz CT molecular complexity index is 728. The molecule has 120 valence electrons. The van der Waals surface area contributed by atoms with E-state index in [1.54, 1.807) is 24.3 Å². The van der Waals surface area contributed by atoms with Crippen molar-refractivity contribution < 1.29 is 18.1 Å². The lowest BCUT2D eigenvalue weighted by atomic mass is 9.78. The van der Waals surface area contributed by atoms with Gasteiger partial charge in [-0.3, -0.25) is 0 Å². The summed E-state index contributed by atoms with van der Waals surface area (Å²) < 4.78 is 39.6. The zero-order chi connectivity index (χ0) is 16.8. The second-order valence-corrected chi connectivity index (χ2v) is 6.84. The molecule has 23 heavy (non-hydrogen) atoms. The highest BCUT2D eigenvalue weighted by atomic mass is 19.1. The van der Waals surface area contributed by atoms with Gasteiger partial charge >= 0.3 is 7.12 Å². The summed E-state index contributed by atoms with van der Waals surface area (Å²) in [6.07, 6.45) is 0. The number of rotatable bonds is 2. The van der Waals surface area contributed by atoms with E-state index < -0.39 is 30.0 Å². The Hall–Kier alpha value is -1.72. The highest BCUT2D eigenvalue weighted by molar-refractivity contribution is 6.62. The van der Waals surface area contributed by atoms with Crippen molar-refractivity contribution in [3.63, 3.8) is 0 Å². The molecule has 3 rings (SSSR count). The summed E-state index contributed by atoms with van der Waals surface area (Å²) in [6.45, 7) is 7.85. The fourth-order valence-corrected chi connectivity index (χ4v) is 2.55. The van der Waals surface area contributed by atoms with E-state index in [0.717, 1.165) is 0 Å². The Balaban J connectivity index is 1.99. The molecule has 0 bridgehead atoms.